The minimum Gasteiger partial charge on any atom is -0.506 e. The summed E-state index contributed by atoms with van der Waals surface area (Å²) in [6, 6.07) is 14.4. The lowest BCUT2D eigenvalue weighted by molar-refractivity contribution is -0.115. The van der Waals surface area contributed by atoms with E-state index >= 15 is 0 Å². The second-order valence-electron chi connectivity index (χ2n) is 9.04. The van der Waals surface area contributed by atoms with Gasteiger partial charge in [-0.3, -0.25) is 9.59 Å². The number of phenolic OH excluding ortho intramolecular Hbond substituents is 1. The Labute approximate surface area is 238 Å². The summed E-state index contributed by atoms with van der Waals surface area (Å²) in [4.78, 5) is 25.5. The van der Waals surface area contributed by atoms with E-state index in [9.17, 15) is 23.1 Å². The van der Waals surface area contributed by atoms with Gasteiger partial charge in [0.25, 0.3) is 5.91 Å². The summed E-state index contributed by atoms with van der Waals surface area (Å²) in [6.07, 6.45) is 0.998. The third-order valence-corrected chi connectivity index (χ3v) is 9.08. The number of sulfone groups is 1. The molecule has 2 atom stereocenters. The van der Waals surface area contributed by atoms with Gasteiger partial charge in [-0.1, -0.05) is 50.4 Å². The van der Waals surface area contributed by atoms with Crippen LogP contribution in [0.5, 0.6) is 11.5 Å². The minimum atomic E-state index is -4.00. The number of halogens is 2. The zero-order chi connectivity index (χ0) is 28.7. The van der Waals surface area contributed by atoms with Crippen LogP contribution in [-0.4, -0.2) is 37.2 Å². The Morgan fingerprint density at radius 2 is 1.62 bits per heavy atom. The lowest BCUT2D eigenvalue weighted by atomic mass is 10.1. The number of anilines is 2. The van der Waals surface area contributed by atoms with Gasteiger partial charge in [-0.25, -0.2) is 8.42 Å². The first-order chi connectivity index (χ1) is 18.5. The van der Waals surface area contributed by atoms with E-state index in [0.29, 0.717) is 23.3 Å². The van der Waals surface area contributed by atoms with Crippen molar-refractivity contribution in [3.05, 3.63) is 76.3 Å². The maximum Gasteiger partial charge on any atom is 0.255 e. The van der Waals surface area contributed by atoms with Gasteiger partial charge in [0.05, 0.1) is 27.2 Å². The van der Waals surface area contributed by atoms with Gasteiger partial charge in [-0.05, 0) is 66.9 Å². The fourth-order valence-corrected chi connectivity index (χ4v) is 5.48. The first-order valence-corrected chi connectivity index (χ1v) is 14.6. The number of hydrogen-bond donors (Lipinski definition) is 3. The molecule has 0 aliphatic heterocycles. The van der Waals surface area contributed by atoms with Crippen LogP contribution in [0.3, 0.4) is 0 Å². The average molecular weight is 594 g/mol. The lowest BCUT2D eigenvalue weighted by Crippen LogP contribution is -2.34. The molecule has 0 spiro atoms. The van der Waals surface area contributed by atoms with Crippen molar-refractivity contribution >= 4 is 56.2 Å². The molecule has 0 fully saturated rings. The Balaban J connectivity index is 1.69. The SMILES string of the molecule is CCC(C)COc1ccc(S(=O)(=O)C(CC)C(=O)Nc2ccc(NC(=O)c3ccc(Cl)c(Cl)c3)c(O)c2)cc1. The van der Waals surface area contributed by atoms with Crippen LogP contribution in [0.15, 0.2) is 65.6 Å². The molecule has 208 valence electrons. The van der Waals surface area contributed by atoms with Crippen LogP contribution < -0.4 is 15.4 Å². The quantitative estimate of drug-likeness (QED) is 0.216. The zero-order valence-corrected chi connectivity index (χ0v) is 24.0. The van der Waals surface area contributed by atoms with Crippen molar-refractivity contribution in [3.63, 3.8) is 0 Å². The van der Waals surface area contributed by atoms with Crippen molar-refractivity contribution in [2.45, 2.75) is 43.8 Å². The van der Waals surface area contributed by atoms with Crippen molar-refractivity contribution in [2.24, 2.45) is 5.92 Å². The highest BCUT2D eigenvalue weighted by Crippen LogP contribution is 2.29. The van der Waals surface area contributed by atoms with Gasteiger partial charge in [0.2, 0.25) is 5.91 Å². The average Bonchev–Trinajstić information content (AvgIpc) is 2.90. The standard InChI is InChI=1S/C28H30Cl2N2O6S/c1-4-17(3)16-38-20-8-10-21(11-9-20)39(36,37)26(5-2)28(35)31-19-7-13-24(25(33)15-19)32-27(34)18-6-12-22(29)23(30)14-18/h6-15,17,26,33H,4-5,16H2,1-3H3,(H,31,35)(H,32,34). The molecule has 0 aromatic heterocycles. The van der Waals surface area contributed by atoms with Crippen LogP contribution in [0.25, 0.3) is 0 Å². The number of ether oxygens (including phenoxy) is 1. The van der Waals surface area contributed by atoms with Gasteiger partial charge in [0, 0.05) is 17.3 Å². The topological polar surface area (TPSA) is 122 Å². The van der Waals surface area contributed by atoms with Gasteiger partial charge in [0.1, 0.15) is 16.7 Å². The molecule has 0 saturated carbocycles. The van der Waals surface area contributed by atoms with E-state index in [1.165, 1.54) is 48.5 Å². The molecule has 3 aromatic carbocycles. The first kappa shape index (κ1) is 30.3. The van der Waals surface area contributed by atoms with Crippen molar-refractivity contribution in [1.29, 1.82) is 0 Å². The molecule has 0 aliphatic rings. The van der Waals surface area contributed by atoms with Crippen molar-refractivity contribution in [1.82, 2.24) is 0 Å². The minimum absolute atomic E-state index is 0.00333. The Hall–Kier alpha value is -3.27. The molecule has 0 bridgehead atoms. The summed E-state index contributed by atoms with van der Waals surface area (Å²) < 4.78 is 32.1. The van der Waals surface area contributed by atoms with Gasteiger partial charge < -0.3 is 20.5 Å². The molecule has 0 heterocycles. The molecule has 0 radical (unpaired) electrons. The first-order valence-electron chi connectivity index (χ1n) is 12.3. The molecule has 11 heteroatoms. The molecule has 3 N–H and O–H groups in total. The van der Waals surface area contributed by atoms with Gasteiger partial charge >= 0.3 is 0 Å². The van der Waals surface area contributed by atoms with Crippen LogP contribution in [0.2, 0.25) is 10.0 Å². The summed E-state index contributed by atoms with van der Waals surface area (Å²) >= 11 is 11.8. The Morgan fingerprint density at radius 3 is 2.21 bits per heavy atom. The summed E-state index contributed by atoms with van der Waals surface area (Å²) in [5.41, 5.74) is 0.471. The Kier molecular flexibility index (Phi) is 10.2. The molecule has 0 saturated heterocycles. The maximum absolute atomic E-state index is 13.2. The molecule has 2 amide bonds. The van der Waals surface area contributed by atoms with Crippen molar-refractivity contribution < 1.29 is 27.9 Å². The Morgan fingerprint density at radius 1 is 0.923 bits per heavy atom. The maximum atomic E-state index is 13.2. The van der Waals surface area contributed by atoms with E-state index in [1.807, 2.05) is 0 Å². The lowest BCUT2D eigenvalue weighted by Gasteiger charge is -2.17. The van der Waals surface area contributed by atoms with Crippen LogP contribution in [0.4, 0.5) is 11.4 Å². The van der Waals surface area contributed by atoms with Gasteiger partial charge in [-0.2, -0.15) is 0 Å². The highest BCUT2D eigenvalue weighted by atomic mass is 35.5. The third-order valence-electron chi connectivity index (χ3n) is 6.12. The van der Waals surface area contributed by atoms with Crippen LogP contribution in [0, 0.1) is 5.92 Å². The summed E-state index contributed by atoms with van der Waals surface area (Å²) in [7, 11) is -4.00. The number of amides is 2. The van der Waals surface area contributed by atoms with Gasteiger partial charge in [-0.15, -0.1) is 0 Å². The predicted octanol–water partition coefficient (Wildman–Crippen LogP) is 6.57. The number of nitrogens with one attached hydrogen (secondary N) is 2. The fraction of sp³-hybridized carbons (Fsp3) is 0.286. The van der Waals surface area contributed by atoms with E-state index in [-0.39, 0.29) is 39.0 Å². The van der Waals surface area contributed by atoms with Crippen LogP contribution >= 0.6 is 23.2 Å². The fourth-order valence-electron chi connectivity index (χ4n) is 3.56. The highest BCUT2D eigenvalue weighted by Gasteiger charge is 2.32. The molecular formula is C28H30Cl2N2O6S. The zero-order valence-electron chi connectivity index (χ0n) is 21.7. The largest absolute Gasteiger partial charge is 0.506 e. The Bertz CT molecular complexity index is 1440. The predicted molar refractivity (Wildman–Crippen MR) is 154 cm³/mol. The third kappa shape index (κ3) is 7.65. The van der Waals surface area contributed by atoms with E-state index in [4.69, 9.17) is 27.9 Å². The van der Waals surface area contributed by atoms with E-state index in [2.05, 4.69) is 24.5 Å². The van der Waals surface area contributed by atoms with Gasteiger partial charge in [0.15, 0.2) is 9.84 Å². The number of aromatic hydroxyl groups is 1. The van der Waals surface area contributed by atoms with Crippen molar-refractivity contribution in [3.8, 4) is 11.5 Å². The molecule has 3 rings (SSSR count). The number of hydrogen-bond acceptors (Lipinski definition) is 6. The van der Waals surface area contributed by atoms with Crippen LogP contribution in [-0.2, 0) is 14.6 Å². The summed E-state index contributed by atoms with van der Waals surface area (Å²) in [5.74, 6) is -0.691. The molecule has 2 unspecified atom stereocenters. The molecule has 0 aliphatic carbocycles. The summed E-state index contributed by atoms with van der Waals surface area (Å²) in [5, 5.41) is 14.6. The highest BCUT2D eigenvalue weighted by molar-refractivity contribution is 7.92. The van der Waals surface area contributed by atoms with E-state index < -0.39 is 26.9 Å². The second-order valence-corrected chi connectivity index (χ2v) is 12.0. The molecule has 3 aromatic rings. The monoisotopic (exact) mass is 592 g/mol. The number of rotatable bonds is 11. The molecule has 8 nitrogen and oxygen atoms in total. The number of phenols is 1. The smallest absolute Gasteiger partial charge is 0.255 e. The molecular weight excluding hydrogens is 563 g/mol. The normalized spacial score (nSPS) is 12.8. The number of carbonyl (C=O) groups is 2. The second kappa shape index (κ2) is 13.2. The van der Waals surface area contributed by atoms with Crippen LogP contribution in [0.1, 0.15) is 44.0 Å². The summed E-state index contributed by atoms with van der Waals surface area (Å²) in [6.45, 7) is 6.25. The number of carbonyl (C=O) groups excluding carboxylic acids is 2. The van der Waals surface area contributed by atoms with E-state index in [0.717, 1.165) is 6.42 Å². The van der Waals surface area contributed by atoms with Crippen molar-refractivity contribution in [2.75, 3.05) is 17.2 Å². The number of benzene rings is 3. The van der Waals surface area contributed by atoms with E-state index in [1.54, 1.807) is 19.1 Å². The molecule has 39 heavy (non-hydrogen) atoms.